The number of rotatable bonds is 6. The molecule has 0 saturated heterocycles. The van der Waals surface area contributed by atoms with E-state index in [0.717, 1.165) is 0 Å². The molecule has 1 aromatic heterocycles. The van der Waals surface area contributed by atoms with Gasteiger partial charge in [-0.25, -0.2) is 0 Å². The summed E-state index contributed by atoms with van der Waals surface area (Å²) >= 11 is 0. The molecule has 0 fully saturated rings. The molecule has 26 heavy (non-hydrogen) atoms. The number of nitrogens with one attached hydrogen (secondary N) is 2. The molecule has 2 aromatic rings. The SMILES string of the molecule is C#CCN(Cc1ccco1)C(=O)c1cc(NC(C)=O)cc(NC(C)=O)c1. The Bertz CT molecular complexity index is 816. The normalized spacial score (nSPS) is 9.88. The number of nitrogens with zero attached hydrogens (tertiary/aromatic N) is 1. The van der Waals surface area contributed by atoms with Crippen molar-refractivity contribution in [3.63, 3.8) is 0 Å². The molecule has 0 aliphatic rings. The van der Waals surface area contributed by atoms with E-state index in [1.807, 2.05) is 0 Å². The first-order valence-electron chi connectivity index (χ1n) is 7.84. The van der Waals surface area contributed by atoms with E-state index < -0.39 is 0 Å². The fourth-order valence-corrected chi connectivity index (χ4v) is 2.38. The molecule has 7 heteroatoms. The second-order valence-electron chi connectivity index (χ2n) is 5.61. The van der Waals surface area contributed by atoms with E-state index >= 15 is 0 Å². The molecule has 2 rings (SSSR count). The summed E-state index contributed by atoms with van der Waals surface area (Å²) < 4.78 is 5.27. The van der Waals surface area contributed by atoms with Gasteiger partial charge in [-0.1, -0.05) is 5.92 Å². The van der Waals surface area contributed by atoms with Crippen LogP contribution in [0.5, 0.6) is 0 Å². The highest BCUT2D eigenvalue weighted by Crippen LogP contribution is 2.21. The van der Waals surface area contributed by atoms with Gasteiger partial charge in [0.1, 0.15) is 5.76 Å². The summed E-state index contributed by atoms with van der Waals surface area (Å²) in [5, 5.41) is 5.22. The average Bonchev–Trinajstić information content (AvgIpc) is 3.05. The minimum absolute atomic E-state index is 0.0827. The van der Waals surface area contributed by atoms with Crippen LogP contribution in [-0.4, -0.2) is 29.2 Å². The van der Waals surface area contributed by atoms with Crippen molar-refractivity contribution in [2.45, 2.75) is 20.4 Å². The van der Waals surface area contributed by atoms with Gasteiger partial charge in [0, 0.05) is 30.8 Å². The molecule has 0 unspecified atom stereocenters. The van der Waals surface area contributed by atoms with Crippen LogP contribution in [0, 0.1) is 12.3 Å². The molecule has 0 radical (unpaired) electrons. The van der Waals surface area contributed by atoms with E-state index in [2.05, 4.69) is 16.6 Å². The third-order valence-corrected chi connectivity index (χ3v) is 3.32. The molecule has 2 N–H and O–H groups in total. The number of hydrogen-bond acceptors (Lipinski definition) is 4. The van der Waals surface area contributed by atoms with E-state index in [9.17, 15) is 14.4 Å². The smallest absolute Gasteiger partial charge is 0.255 e. The largest absolute Gasteiger partial charge is 0.467 e. The van der Waals surface area contributed by atoms with Crippen molar-refractivity contribution >= 4 is 29.1 Å². The van der Waals surface area contributed by atoms with Crippen LogP contribution in [0.4, 0.5) is 11.4 Å². The van der Waals surface area contributed by atoms with Crippen molar-refractivity contribution in [3.8, 4) is 12.3 Å². The first kappa shape index (κ1) is 18.8. The first-order valence-corrected chi connectivity index (χ1v) is 7.84. The molecular weight excluding hydrogens is 334 g/mol. The number of benzene rings is 1. The van der Waals surface area contributed by atoms with Crippen LogP contribution < -0.4 is 10.6 Å². The lowest BCUT2D eigenvalue weighted by Crippen LogP contribution is -2.31. The van der Waals surface area contributed by atoms with E-state index in [1.165, 1.54) is 37.1 Å². The van der Waals surface area contributed by atoms with Crippen molar-refractivity contribution < 1.29 is 18.8 Å². The number of carbonyl (C=O) groups is 3. The van der Waals surface area contributed by atoms with Crippen LogP contribution in [-0.2, 0) is 16.1 Å². The zero-order valence-corrected chi connectivity index (χ0v) is 14.5. The molecule has 0 aliphatic heterocycles. The Kier molecular flexibility index (Phi) is 6.17. The molecule has 1 aromatic carbocycles. The van der Waals surface area contributed by atoms with Crippen molar-refractivity contribution in [1.29, 1.82) is 0 Å². The predicted molar refractivity (Wildman–Crippen MR) is 97.3 cm³/mol. The zero-order valence-electron chi connectivity index (χ0n) is 14.5. The third kappa shape index (κ3) is 5.24. The van der Waals surface area contributed by atoms with Crippen molar-refractivity contribution in [1.82, 2.24) is 4.90 Å². The number of terminal acetylenes is 1. The van der Waals surface area contributed by atoms with Gasteiger partial charge >= 0.3 is 0 Å². The molecule has 0 atom stereocenters. The molecule has 3 amide bonds. The number of anilines is 2. The van der Waals surface area contributed by atoms with Crippen molar-refractivity contribution in [2.24, 2.45) is 0 Å². The van der Waals surface area contributed by atoms with Gasteiger partial charge in [-0.2, -0.15) is 0 Å². The Balaban J connectivity index is 2.35. The highest BCUT2D eigenvalue weighted by molar-refractivity contribution is 6.00. The second-order valence-corrected chi connectivity index (χ2v) is 5.61. The lowest BCUT2D eigenvalue weighted by atomic mass is 10.1. The monoisotopic (exact) mass is 353 g/mol. The highest BCUT2D eigenvalue weighted by Gasteiger charge is 2.18. The van der Waals surface area contributed by atoms with Crippen LogP contribution in [0.2, 0.25) is 0 Å². The Labute approximate surface area is 151 Å². The molecule has 0 saturated carbocycles. The van der Waals surface area contributed by atoms with Gasteiger partial charge in [0.05, 0.1) is 19.4 Å². The van der Waals surface area contributed by atoms with E-state index in [0.29, 0.717) is 17.1 Å². The minimum Gasteiger partial charge on any atom is -0.467 e. The molecule has 134 valence electrons. The summed E-state index contributed by atoms with van der Waals surface area (Å²) in [6.45, 7) is 3.00. The minimum atomic E-state index is -0.349. The highest BCUT2D eigenvalue weighted by atomic mass is 16.3. The van der Waals surface area contributed by atoms with Crippen molar-refractivity contribution in [3.05, 3.63) is 47.9 Å². The molecular formula is C19H19N3O4. The molecule has 1 heterocycles. The first-order chi connectivity index (χ1) is 12.4. The lowest BCUT2D eigenvalue weighted by molar-refractivity contribution is -0.115. The quantitative estimate of drug-likeness (QED) is 0.781. The topological polar surface area (TPSA) is 91.7 Å². The van der Waals surface area contributed by atoms with Gasteiger partial charge in [-0.05, 0) is 30.3 Å². The summed E-state index contributed by atoms with van der Waals surface area (Å²) in [6.07, 6.45) is 6.89. The maximum atomic E-state index is 12.9. The Morgan fingerprint density at radius 3 is 2.19 bits per heavy atom. The third-order valence-electron chi connectivity index (χ3n) is 3.32. The molecule has 7 nitrogen and oxygen atoms in total. The Morgan fingerprint density at radius 2 is 1.73 bits per heavy atom. The number of carbonyl (C=O) groups excluding carboxylic acids is 3. The maximum Gasteiger partial charge on any atom is 0.255 e. The standard InChI is InChI=1S/C19H19N3O4/c1-4-7-22(12-18-6-5-8-26-18)19(25)15-9-16(20-13(2)23)11-17(10-15)21-14(3)24/h1,5-6,8-11H,7,12H2,2-3H3,(H,20,23)(H,21,24). The fraction of sp³-hybridized carbons (Fsp3) is 0.211. The Morgan fingerprint density at radius 1 is 1.12 bits per heavy atom. The predicted octanol–water partition coefficient (Wildman–Crippen LogP) is 2.47. The molecule has 0 spiro atoms. The number of amides is 3. The van der Waals surface area contributed by atoms with E-state index in [4.69, 9.17) is 10.8 Å². The fourth-order valence-electron chi connectivity index (χ4n) is 2.38. The van der Waals surface area contributed by atoms with Crippen LogP contribution in [0.1, 0.15) is 30.0 Å². The lowest BCUT2D eigenvalue weighted by Gasteiger charge is -2.20. The number of furan rings is 1. The van der Waals surface area contributed by atoms with Crippen LogP contribution in [0.15, 0.2) is 41.0 Å². The van der Waals surface area contributed by atoms with Gasteiger partial charge < -0.3 is 20.0 Å². The summed E-state index contributed by atoms with van der Waals surface area (Å²) in [5.74, 6) is 2.11. The maximum absolute atomic E-state index is 12.9. The summed E-state index contributed by atoms with van der Waals surface area (Å²) in [5.41, 5.74) is 1.07. The van der Waals surface area contributed by atoms with Gasteiger partial charge in [-0.3, -0.25) is 14.4 Å². The number of hydrogen-bond donors (Lipinski definition) is 2. The Hall–Kier alpha value is -3.53. The van der Waals surface area contributed by atoms with Gasteiger partial charge in [-0.15, -0.1) is 6.42 Å². The van der Waals surface area contributed by atoms with Crippen LogP contribution in [0.3, 0.4) is 0 Å². The summed E-state index contributed by atoms with van der Waals surface area (Å²) in [7, 11) is 0. The van der Waals surface area contributed by atoms with Crippen LogP contribution >= 0.6 is 0 Å². The second kappa shape index (κ2) is 8.53. The zero-order chi connectivity index (χ0) is 19.1. The van der Waals surface area contributed by atoms with Crippen molar-refractivity contribution in [2.75, 3.05) is 17.2 Å². The summed E-state index contributed by atoms with van der Waals surface area (Å²) in [6, 6.07) is 8.09. The summed E-state index contributed by atoms with van der Waals surface area (Å²) in [4.78, 5) is 37.0. The molecule has 0 bridgehead atoms. The van der Waals surface area contributed by atoms with Crippen LogP contribution in [0.25, 0.3) is 0 Å². The molecule has 0 aliphatic carbocycles. The van der Waals surface area contributed by atoms with Gasteiger partial charge in [0.2, 0.25) is 11.8 Å². The van der Waals surface area contributed by atoms with E-state index in [1.54, 1.807) is 18.2 Å². The average molecular weight is 353 g/mol. The van der Waals surface area contributed by atoms with Gasteiger partial charge in [0.15, 0.2) is 0 Å². The van der Waals surface area contributed by atoms with Gasteiger partial charge in [0.25, 0.3) is 5.91 Å². The van der Waals surface area contributed by atoms with E-state index in [-0.39, 0.29) is 36.4 Å².